The van der Waals surface area contributed by atoms with E-state index in [4.69, 9.17) is 0 Å². The van der Waals surface area contributed by atoms with Crippen LogP contribution >= 0.6 is 15.9 Å². The smallest absolute Gasteiger partial charge is 0.310 e. The molecule has 0 heterocycles. The van der Waals surface area contributed by atoms with Crippen LogP contribution in [-0.4, -0.2) is 37.5 Å². The van der Waals surface area contributed by atoms with Crippen molar-refractivity contribution in [2.75, 3.05) is 20.7 Å². The van der Waals surface area contributed by atoms with Crippen molar-refractivity contribution >= 4 is 27.8 Å². The van der Waals surface area contributed by atoms with Gasteiger partial charge in [-0.2, -0.15) is 0 Å². The molecule has 4 nitrogen and oxygen atoms in total. The van der Waals surface area contributed by atoms with Crippen molar-refractivity contribution in [3.8, 4) is 0 Å². The van der Waals surface area contributed by atoms with Gasteiger partial charge in [0.2, 0.25) is 0 Å². The predicted molar refractivity (Wildman–Crippen MR) is 72.3 cm³/mol. The number of rotatable bonds is 4. The Hall–Kier alpha value is -1.36. The van der Waals surface area contributed by atoms with Crippen LogP contribution in [0.5, 0.6) is 0 Å². The third-order valence-corrected chi connectivity index (χ3v) is 3.29. The lowest BCUT2D eigenvalue weighted by atomic mass is 10.1. The van der Waals surface area contributed by atoms with E-state index in [1.807, 2.05) is 12.1 Å². The highest BCUT2D eigenvalue weighted by atomic mass is 79.9. The van der Waals surface area contributed by atoms with Gasteiger partial charge in [-0.25, -0.2) is 0 Å². The number of hydrogen-bond donors (Lipinski definition) is 0. The van der Waals surface area contributed by atoms with Crippen LogP contribution in [0, 0.1) is 5.92 Å². The summed E-state index contributed by atoms with van der Waals surface area (Å²) < 4.78 is 5.38. The summed E-state index contributed by atoms with van der Waals surface area (Å²) in [5.74, 6) is -0.786. The van der Waals surface area contributed by atoms with E-state index in [1.165, 1.54) is 12.0 Å². The van der Waals surface area contributed by atoms with E-state index in [9.17, 15) is 9.59 Å². The second-order valence-electron chi connectivity index (χ2n) is 4.09. The maximum atomic E-state index is 12.2. The number of hydrogen-bond acceptors (Lipinski definition) is 3. The van der Waals surface area contributed by atoms with Crippen LogP contribution in [0.3, 0.4) is 0 Å². The van der Waals surface area contributed by atoms with E-state index in [-0.39, 0.29) is 17.8 Å². The van der Waals surface area contributed by atoms with Gasteiger partial charge in [-0.1, -0.05) is 19.1 Å². The van der Waals surface area contributed by atoms with Gasteiger partial charge in [0.05, 0.1) is 18.6 Å². The Kier molecular flexibility index (Phi) is 5.34. The molecule has 1 aromatic rings. The lowest BCUT2D eigenvalue weighted by molar-refractivity contribution is -0.145. The molecule has 0 N–H and O–H groups in total. The second kappa shape index (κ2) is 6.54. The minimum absolute atomic E-state index is 0.127. The Balaban J connectivity index is 2.74. The maximum absolute atomic E-state index is 12.2. The number of halogens is 1. The molecular formula is C13H16BrNO3. The van der Waals surface area contributed by atoms with Crippen LogP contribution in [0.25, 0.3) is 0 Å². The molecule has 1 aromatic carbocycles. The van der Waals surface area contributed by atoms with Crippen molar-refractivity contribution in [2.24, 2.45) is 5.92 Å². The number of nitrogens with zero attached hydrogens (tertiary/aromatic N) is 1. The van der Waals surface area contributed by atoms with Gasteiger partial charge in [0.25, 0.3) is 5.91 Å². The van der Waals surface area contributed by atoms with Crippen LogP contribution in [0.4, 0.5) is 0 Å². The molecule has 1 amide bonds. The van der Waals surface area contributed by atoms with Crippen LogP contribution in [0.1, 0.15) is 17.3 Å². The Morgan fingerprint density at radius 2 is 2.00 bits per heavy atom. The average Bonchev–Trinajstić information content (AvgIpc) is 2.37. The first-order valence-electron chi connectivity index (χ1n) is 5.55. The standard InChI is InChI=1S/C13H16BrNO3/c1-9(13(17)18-3)8-15(2)12(16)10-6-4-5-7-11(10)14/h4-7,9H,8H2,1-3H3. The number of ether oxygens (including phenoxy) is 1. The molecule has 5 heteroatoms. The molecule has 0 fully saturated rings. The summed E-state index contributed by atoms with van der Waals surface area (Å²) in [6.07, 6.45) is 0. The van der Waals surface area contributed by atoms with Gasteiger partial charge in [-0.15, -0.1) is 0 Å². The van der Waals surface area contributed by atoms with Crippen molar-refractivity contribution < 1.29 is 14.3 Å². The molecular weight excluding hydrogens is 298 g/mol. The number of esters is 1. The van der Waals surface area contributed by atoms with Crippen molar-refractivity contribution in [2.45, 2.75) is 6.92 Å². The predicted octanol–water partition coefficient (Wildman–Crippen LogP) is 2.33. The van der Waals surface area contributed by atoms with Gasteiger partial charge < -0.3 is 9.64 Å². The molecule has 0 bridgehead atoms. The van der Waals surface area contributed by atoms with E-state index >= 15 is 0 Å². The fourth-order valence-electron chi connectivity index (χ4n) is 1.61. The van der Waals surface area contributed by atoms with Gasteiger partial charge in [0, 0.05) is 18.1 Å². The van der Waals surface area contributed by atoms with Gasteiger partial charge in [0.1, 0.15) is 0 Å². The lowest BCUT2D eigenvalue weighted by Crippen LogP contribution is -2.34. The normalized spacial score (nSPS) is 11.8. The summed E-state index contributed by atoms with van der Waals surface area (Å²) in [5.41, 5.74) is 0.581. The van der Waals surface area contributed by atoms with E-state index < -0.39 is 0 Å². The molecule has 0 aliphatic rings. The van der Waals surface area contributed by atoms with Crippen LogP contribution in [-0.2, 0) is 9.53 Å². The third-order valence-electron chi connectivity index (χ3n) is 2.60. The molecule has 0 aromatic heterocycles. The molecule has 98 valence electrons. The molecule has 0 radical (unpaired) electrons. The summed E-state index contributed by atoms with van der Waals surface area (Å²) in [7, 11) is 3.01. The zero-order valence-electron chi connectivity index (χ0n) is 10.6. The second-order valence-corrected chi connectivity index (χ2v) is 4.94. The maximum Gasteiger partial charge on any atom is 0.310 e. The Morgan fingerprint density at radius 1 is 1.39 bits per heavy atom. The molecule has 0 aliphatic carbocycles. The summed E-state index contributed by atoms with van der Waals surface area (Å²) in [4.78, 5) is 25.0. The van der Waals surface area contributed by atoms with E-state index in [2.05, 4.69) is 20.7 Å². The largest absolute Gasteiger partial charge is 0.469 e. The van der Waals surface area contributed by atoms with Crippen molar-refractivity contribution in [3.05, 3.63) is 34.3 Å². The monoisotopic (exact) mass is 313 g/mol. The zero-order chi connectivity index (χ0) is 13.7. The molecule has 18 heavy (non-hydrogen) atoms. The minimum atomic E-state index is -0.341. The van der Waals surface area contributed by atoms with Gasteiger partial charge in [-0.3, -0.25) is 9.59 Å². The first kappa shape index (κ1) is 14.7. The highest BCUT2D eigenvalue weighted by Crippen LogP contribution is 2.17. The molecule has 0 saturated carbocycles. The first-order chi connectivity index (χ1) is 8.47. The van der Waals surface area contributed by atoms with Gasteiger partial charge in [0.15, 0.2) is 0 Å². The van der Waals surface area contributed by atoms with Crippen molar-refractivity contribution in [1.82, 2.24) is 4.90 Å². The fraction of sp³-hybridized carbons (Fsp3) is 0.385. The summed E-state index contributed by atoms with van der Waals surface area (Å²) >= 11 is 3.33. The lowest BCUT2D eigenvalue weighted by Gasteiger charge is -2.20. The molecule has 1 rings (SSSR count). The average molecular weight is 314 g/mol. The SMILES string of the molecule is COC(=O)C(C)CN(C)C(=O)c1ccccc1Br. The molecule has 0 saturated heterocycles. The van der Waals surface area contributed by atoms with Crippen LogP contribution in [0.2, 0.25) is 0 Å². The van der Waals surface area contributed by atoms with E-state index in [0.29, 0.717) is 12.1 Å². The number of amides is 1. The van der Waals surface area contributed by atoms with E-state index in [1.54, 1.807) is 26.1 Å². The number of carbonyl (C=O) groups excluding carboxylic acids is 2. The highest BCUT2D eigenvalue weighted by molar-refractivity contribution is 9.10. The highest BCUT2D eigenvalue weighted by Gasteiger charge is 2.20. The van der Waals surface area contributed by atoms with Crippen molar-refractivity contribution in [1.29, 1.82) is 0 Å². The number of methoxy groups -OCH3 is 1. The summed E-state index contributed by atoms with van der Waals surface area (Å²) in [6.45, 7) is 2.06. The van der Waals surface area contributed by atoms with Gasteiger partial charge >= 0.3 is 5.97 Å². The Labute approximate surface area is 115 Å². The van der Waals surface area contributed by atoms with E-state index in [0.717, 1.165) is 4.47 Å². The Bertz CT molecular complexity index is 448. The third kappa shape index (κ3) is 3.57. The molecule has 0 aliphatic heterocycles. The quantitative estimate of drug-likeness (QED) is 0.801. The van der Waals surface area contributed by atoms with Crippen LogP contribution in [0.15, 0.2) is 28.7 Å². The number of benzene rings is 1. The molecule has 1 atom stereocenters. The van der Waals surface area contributed by atoms with Gasteiger partial charge in [-0.05, 0) is 28.1 Å². The topological polar surface area (TPSA) is 46.6 Å². The molecule has 0 spiro atoms. The minimum Gasteiger partial charge on any atom is -0.469 e. The van der Waals surface area contributed by atoms with Crippen molar-refractivity contribution in [3.63, 3.8) is 0 Å². The fourth-order valence-corrected chi connectivity index (χ4v) is 2.06. The summed E-state index contributed by atoms with van der Waals surface area (Å²) in [6, 6.07) is 7.20. The Morgan fingerprint density at radius 3 is 2.56 bits per heavy atom. The number of carbonyl (C=O) groups is 2. The summed E-state index contributed by atoms with van der Waals surface area (Å²) in [5, 5.41) is 0. The molecule has 1 unspecified atom stereocenters. The zero-order valence-corrected chi connectivity index (χ0v) is 12.2. The first-order valence-corrected chi connectivity index (χ1v) is 6.34. The van der Waals surface area contributed by atoms with Crippen LogP contribution < -0.4 is 0 Å².